The average Bonchev–Trinajstić information content (AvgIpc) is 2.36. The number of benzene rings is 1. The first-order valence-electron chi connectivity index (χ1n) is 5.95. The van der Waals surface area contributed by atoms with Crippen LogP contribution in [-0.2, 0) is 0 Å². The number of H-pyrrole nitrogens is 1. The van der Waals surface area contributed by atoms with Crippen LogP contribution in [0.4, 0.5) is 5.82 Å². The molecule has 20 heavy (non-hydrogen) atoms. The van der Waals surface area contributed by atoms with E-state index in [2.05, 4.69) is 4.98 Å². The monoisotopic (exact) mass is 288 g/mol. The number of aromatic nitrogens is 1. The highest BCUT2D eigenvalue weighted by molar-refractivity contribution is 6.32. The summed E-state index contributed by atoms with van der Waals surface area (Å²) in [7, 11) is 0. The van der Waals surface area contributed by atoms with E-state index in [1.54, 1.807) is 37.3 Å². The van der Waals surface area contributed by atoms with Gasteiger partial charge in [0.15, 0.2) is 5.78 Å². The Kier molecular flexibility index (Phi) is 4.05. The van der Waals surface area contributed by atoms with E-state index in [-0.39, 0.29) is 17.2 Å². The van der Waals surface area contributed by atoms with Gasteiger partial charge in [-0.2, -0.15) is 0 Å². The van der Waals surface area contributed by atoms with Gasteiger partial charge in [-0.15, -0.1) is 0 Å². The minimum atomic E-state index is -0.490. The topological polar surface area (TPSA) is 76.0 Å². The van der Waals surface area contributed by atoms with Gasteiger partial charge in [-0.05, 0) is 42.3 Å². The van der Waals surface area contributed by atoms with Gasteiger partial charge in [0.25, 0.3) is 5.56 Å². The lowest BCUT2D eigenvalue weighted by Gasteiger charge is -2.02. The maximum Gasteiger partial charge on any atom is 0.260 e. The van der Waals surface area contributed by atoms with Crippen molar-refractivity contribution in [2.45, 2.75) is 6.92 Å². The predicted octanol–water partition coefficient (Wildman–Crippen LogP) is 2.82. The number of aryl methyl sites for hydroxylation is 1. The van der Waals surface area contributed by atoms with Crippen molar-refractivity contribution in [3.63, 3.8) is 0 Å². The summed E-state index contributed by atoms with van der Waals surface area (Å²) in [5.41, 5.74) is 6.36. The number of allylic oxidation sites excluding steroid dienone is 1. The second-order valence-corrected chi connectivity index (χ2v) is 4.74. The second kappa shape index (κ2) is 5.75. The highest BCUT2D eigenvalue weighted by Crippen LogP contribution is 2.17. The van der Waals surface area contributed by atoms with Gasteiger partial charge in [-0.3, -0.25) is 9.59 Å². The standard InChI is InChI=1S/C15H13ClN2O2/c1-9-8-13(17)18-15(20)14(9)12(19)7-6-10-4-2-3-5-11(10)16/h2-8H,1H3,(H3,17,18,20)/b7-6+. The van der Waals surface area contributed by atoms with Crippen molar-refractivity contribution < 1.29 is 4.79 Å². The zero-order chi connectivity index (χ0) is 14.7. The Labute approximate surface area is 120 Å². The van der Waals surface area contributed by atoms with Gasteiger partial charge >= 0.3 is 0 Å². The van der Waals surface area contributed by atoms with Crippen molar-refractivity contribution in [2.75, 3.05) is 5.73 Å². The molecule has 102 valence electrons. The number of ketones is 1. The molecular weight excluding hydrogens is 276 g/mol. The Morgan fingerprint density at radius 3 is 2.70 bits per heavy atom. The number of carbonyl (C=O) groups excluding carboxylic acids is 1. The van der Waals surface area contributed by atoms with Crippen molar-refractivity contribution in [3.05, 3.63) is 68.5 Å². The summed E-state index contributed by atoms with van der Waals surface area (Å²) < 4.78 is 0. The number of nitrogen functional groups attached to an aromatic ring is 1. The number of nitrogens with two attached hydrogens (primary N) is 1. The lowest BCUT2D eigenvalue weighted by molar-refractivity contribution is 0.104. The Hall–Kier alpha value is -2.33. The van der Waals surface area contributed by atoms with Gasteiger partial charge in [0.05, 0.1) is 5.56 Å². The molecule has 4 nitrogen and oxygen atoms in total. The molecule has 0 aliphatic heterocycles. The number of anilines is 1. The van der Waals surface area contributed by atoms with Crippen LogP contribution >= 0.6 is 11.6 Å². The first-order chi connectivity index (χ1) is 9.49. The van der Waals surface area contributed by atoms with Gasteiger partial charge in [-0.1, -0.05) is 29.8 Å². The Morgan fingerprint density at radius 2 is 2.05 bits per heavy atom. The number of hydrogen-bond donors (Lipinski definition) is 2. The molecule has 0 saturated heterocycles. The fourth-order valence-electron chi connectivity index (χ4n) is 1.88. The molecule has 3 N–H and O–H groups in total. The summed E-state index contributed by atoms with van der Waals surface area (Å²) >= 11 is 5.99. The molecule has 0 amide bonds. The summed E-state index contributed by atoms with van der Waals surface area (Å²) in [6, 6.07) is 8.69. The highest BCUT2D eigenvalue weighted by Gasteiger charge is 2.11. The van der Waals surface area contributed by atoms with Crippen LogP contribution in [0.3, 0.4) is 0 Å². The van der Waals surface area contributed by atoms with Crippen LogP contribution in [0.2, 0.25) is 5.02 Å². The van der Waals surface area contributed by atoms with Gasteiger partial charge in [0.2, 0.25) is 0 Å². The van der Waals surface area contributed by atoms with Crippen LogP contribution in [0.25, 0.3) is 6.08 Å². The Bertz CT molecular complexity index is 748. The number of rotatable bonds is 3. The largest absolute Gasteiger partial charge is 0.385 e. The Morgan fingerprint density at radius 1 is 1.35 bits per heavy atom. The zero-order valence-corrected chi connectivity index (χ0v) is 11.6. The highest BCUT2D eigenvalue weighted by atomic mass is 35.5. The van der Waals surface area contributed by atoms with Crippen LogP contribution in [0, 0.1) is 6.92 Å². The predicted molar refractivity (Wildman–Crippen MR) is 81.0 cm³/mol. The minimum Gasteiger partial charge on any atom is -0.385 e. The quantitative estimate of drug-likeness (QED) is 0.673. The molecule has 2 aromatic rings. The first kappa shape index (κ1) is 14.1. The molecule has 0 atom stereocenters. The summed E-state index contributed by atoms with van der Waals surface area (Å²) in [4.78, 5) is 26.3. The number of halogens is 1. The normalized spacial score (nSPS) is 10.9. The van der Waals surface area contributed by atoms with Crippen LogP contribution in [0.5, 0.6) is 0 Å². The van der Waals surface area contributed by atoms with E-state index in [0.29, 0.717) is 16.1 Å². The Balaban J connectivity index is 2.35. The van der Waals surface area contributed by atoms with E-state index in [1.807, 2.05) is 6.07 Å². The van der Waals surface area contributed by atoms with Gasteiger partial charge in [-0.25, -0.2) is 0 Å². The lowest BCUT2D eigenvalue weighted by Crippen LogP contribution is -2.19. The van der Waals surface area contributed by atoms with E-state index in [1.165, 1.54) is 6.08 Å². The molecule has 0 radical (unpaired) electrons. The van der Waals surface area contributed by atoms with E-state index < -0.39 is 5.56 Å². The van der Waals surface area contributed by atoms with E-state index in [4.69, 9.17) is 17.3 Å². The maximum atomic E-state index is 12.1. The second-order valence-electron chi connectivity index (χ2n) is 4.33. The van der Waals surface area contributed by atoms with Gasteiger partial charge < -0.3 is 10.7 Å². The minimum absolute atomic E-state index is 0.0857. The van der Waals surface area contributed by atoms with Crippen molar-refractivity contribution in [1.29, 1.82) is 0 Å². The van der Waals surface area contributed by atoms with Crippen LogP contribution < -0.4 is 11.3 Å². The van der Waals surface area contributed by atoms with Crippen LogP contribution in [0.15, 0.2) is 41.2 Å². The molecule has 0 aliphatic rings. The number of aromatic amines is 1. The summed E-state index contributed by atoms with van der Waals surface area (Å²) in [6.45, 7) is 1.67. The molecule has 0 spiro atoms. The first-order valence-corrected chi connectivity index (χ1v) is 6.33. The van der Waals surface area contributed by atoms with Crippen molar-refractivity contribution in [3.8, 4) is 0 Å². The fraction of sp³-hybridized carbons (Fsp3) is 0.0667. The molecule has 0 fully saturated rings. The van der Waals surface area contributed by atoms with Gasteiger partial charge in [0.1, 0.15) is 5.82 Å². The van der Waals surface area contributed by atoms with Crippen molar-refractivity contribution >= 4 is 29.3 Å². The molecule has 0 bridgehead atoms. The summed E-state index contributed by atoms with van der Waals surface area (Å²) in [5.74, 6) is -0.150. The van der Waals surface area contributed by atoms with Crippen molar-refractivity contribution in [2.24, 2.45) is 0 Å². The number of carbonyl (C=O) groups is 1. The third-order valence-corrected chi connectivity index (χ3v) is 3.16. The molecule has 1 aromatic heterocycles. The van der Waals surface area contributed by atoms with E-state index >= 15 is 0 Å². The molecule has 1 aromatic carbocycles. The molecule has 1 heterocycles. The molecule has 0 aliphatic carbocycles. The fourth-order valence-corrected chi connectivity index (χ4v) is 2.08. The number of hydrogen-bond acceptors (Lipinski definition) is 3. The van der Waals surface area contributed by atoms with E-state index in [0.717, 1.165) is 0 Å². The third-order valence-electron chi connectivity index (χ3n) is 2.82. The molecule has 0 unspecified atom stereocenters. The van der Waals surface area contributed by atoms with Crippen LogP contribution in [0.1, 0.15) is 21.5 Å². The summed E-state index contributed by atoms with van der Waals surface area (Å²) in [5, 5.41) is 0.541. The molecule has 0 saturated carbocycles. The van der Waals surface area contributed by atoms with Gasteiger partial charge in [0, 0.05) is 5.02 Å². The zero-order valence-electron chi connectivity index (χ0n) is 10.8. The third kappa shape index (κ3) is 2.97. The van der Waals surface area contributed by atoms with Crippen LogP contribution in [-0.4, -0.2) is 10.8 Å². The summed E-state index contributed by atoms with van der Waals surface area (Å²) in [6.07, 6.45) is 2.91. The number of pyridine rings is 1. The van der Waals surface area contributed by atoms with E-state index in [9.17, 15) is 9.59 Å². The SMILES string of the molecule is Cc1cc(N)[nH]c(=O)c1C(=O)/C=C/c1ccccc1Cl. The van der Waals surface area contributed by atoms with Crippen molar-refractivity contribution in [1.82, 2.24) is 4.98 Å². The number of nitrogens with one attached hydrogen (secondary N) is 1. The molecular formula is C15H13ClN2O2. The molecule has 2 rings (SSSR count). The average molecular weight is 289 g/mol. The lowest BCUT2D eigenvalue weighted by atomic mass is 10.1. The smallest absolute Gasteiger partial charge is 0.260 e. The molecule has 5 heteroatoms. The maximum absolute atomic E-state index is 12.1.